The number of hydrogen-bond acceptors (Lipinski definition) is 0. The molecule has 1 aromatic heterocycles. The predicted octanol–water partition coefficient (Wildman–Crippen LogP) is 4.43. The van der Waals surface area contributed by atoms with Crippen LogP contribution in [0.3, 0.4) is 0 Å². The maximum Gasteiger partial charge on any atom is 0.125 e. The van der Waals surface area contributed by atoms with E-state index in [1.807, 2.05) is 13.0 Å². The fourth-order valence-corrected chi connectivity index (χ4v) is 2.74. The van der Waals surface area contributed by atoms with E-state index in [2.05, 4.69) is 34.3 Å². The van der Waals surface area contributed by atoms with Gasteiger partial charge in [-0.3, -0.25) is 0 Å². The molecule has 0 aliphatic heterocycles. The number of rotatable bonds is 1. The number of hydrogen-bond donors (Lipinski definition) is 0. The van der Waals surface area contributed by atoms with Crippen molar-refractivity contribution >= 4 is 26.8 Å². The monoisotopic (exact) mass is 269 g/mol. The molecule has 2 aromatic rings. The van der Waals surface area contributed by atoms with Crippen LogP contribution < -0.4 is 0 Å². The first-order chi connectivity index (χ1) is 7.02. The highest BCUT2D eigenvalue weighted by Gasteiger charge is 2.14. The number of aryl methyl sites for hydroxylation is 1. The summed E-state index contributed by atoms with van der Waals surface area (Å²) in [6, 6.07) is 5.25. The molecule has 1 aromatic carbocycles. The fourth-order valence-electron chi connectivity index (χ4n) is 1.92. The minimum Gasteiger partial charge on any atom is -0.332 e. The summed E-state index contributed by atoms with van der Waals surface area (Å²) in [4.78, 5) is 0. The lowest BCUT2D eigenvalue weighted by Gasteiger charge is -2.11. The third-order valence-electron chi connectivity index (χ3n) is 2.66. The zero-order chi connectivity index (χ0) is 11.2. The standard InChI is InChI=1S/C12H13BrFN/c1-7(2)15-11-6-9(14)4-5-10(11)8(3)12(15)13/h4-7H,1-3H3. The highest BCUT2D eigenvalue weighted by molar-refractivity contribution is 9.10. The fraction of sp³-hybridized carbons (Fsp3) is 0.333. The first-order valence-corrected chi connectivity index (χ1v) is 5.77. The lowest BCUT2D eigenvalue weighted by molar-refractivity contribution is 0.603. The van der Waals surface area contributed by atoms with Crippen LogP contribution in [0.5, 0.6) is 0 Å². The number of nitrogens with zero attached hydrogens (tertiary/aromatic N) is 1. The van der Waals surface area contributed by atoms with Gasteiger partial charge in [-0.1, -0.05) is 0 Å². The van der Waals surface area contributed by atoms with E-state index in [1.165, 1.54) is 11.6 Å². The minimum atomic E-state index is -0.186. The first kappa shape index (κ1) is 10.7. The van der Waals surface area contributed by atoms with Gasteiger partial charge in [0.05, 0.1) is 10.1 Å². The summed E-state index contributed by atoms with van der Waals surface area (Å²) in [6.07, 6.45) is 0. The topological polar surface area (TPSA) is 4.93 Å². The van der Waals surface area contributed by atoms with Crippen molar-refractivity contribution in [3.63, 3.8) is 0 Å². The van der Waals surface area contributed by atoms with Gasteiger partial charge in [-0.2, -0.15) is 0 Å². The molecule has 0 aliphatic carbocycles. The molecule has 2 rings (SSSR count). The van der Waals surface area contributed by atoms with E-state index in [1.54, 1.807) is 6.07 Å². The van der Waals surface area contributed by atoms with Crippen LogP contribution in [-0.2, 0) is 0 Å². The van der Waals surface area contributed by atoms with E-state index in [4.69, 9.17) is 0 Å². The molecule has 0 aliphatic rings. The van der Waals surface area contributed by atoms with E-state index >= 15 is 0 Å². The molecule has 80 valence electrons. The van der Waals surface area contributed by atoms with Crippen LogP contribution in [-0.4, -0.2) is 4.57 Å². The SMILES string of the molecule is Cc1c(Br)n(C(C)C)c2cc(F)ccc12. The maximum absolute atomic E-state index is 13.2. The molecule has 0 radical (unpaired) electrons. The average Bonchev–Trinajstić information content (AvgIpc) is 2.39. The third-order valence-corrected chi connectivity index (χ3v) is 3.64. The molecule has 0 atom stereocenters. The van der Waals surface area contributed by atoms with Crippen molar-refractivity contribution in [3.8, 4) is 0 Å². The Labute approximate surface area is 97.0 Å². The molecule has 1 heterocycles. The molecule has 0 saturated heterocycles. The Morgan fingerprint density at radius 1 is 1.33 bits per heavy atom. The van der Waals surface area contributed by atoms with Crippen LogP contribution in [0.2, 0.25) is 0 Å². The van der Waals surface area contributed by atoms with E-state index in [-0.39, 0.29) is 5.82 Å². The van der Waals surface area contributed by atoms with Gasteiger partial charge < -0.3 is 4.57 Å². The van der Waals surface area contributed by atoms with E-state index in [0.717, 1.165) is 15.5 Å². The van der Waals surface area contributed by atoms with E-state index in [0.29, 0.717) is 6.04 Å². The minimum absolute atomic E-state index is 0.186. The number of benzene rings is 1. The van der Waals surface area contributed by atoms with Gasteiger partial charge in [-0.25, -0.2) is 4.39 Å². The zero-order valence-electron chi connectivity index (χ0n) is 9.01. The highest BCUT2D eigenvalue weighted by Crippen LogP contribution is 2.32. The summed E-state index contributed by atoms with van der Waals surface area (Å²) in [5.41, 5.74) is 2.12. The highest BCUT2D eigenvalue weighted by atomic mass is 79.9. The van der Waals surface area contributed by atoms with Crippen molar-refractivity contribution < 1.29 is 4.39 Å². The molecule has 0 saturated carbocycles. The molecular formula is C12H13BrFN. The maximum atomic E-state index is 13.2. The Balaban J connectivity index is 2.88. The van der Waals surface area contributed by atoms with Crippen LogP contribution in [0.1, 0.15) is 25.5 Å². The molecule has 1 nitrogen and oxygen atoms in total. The second kappa shape index (κ2) is 3.63. The summed E-state index contributed by atoms with van der Waals surface area (Å²) in [5, 5.41) is 1.11. The van der Waals surface area contributed by atoms with Crippen molar-refractivity contribution in [1.82, 2.24) is 4.57 Å². The predicted molar refractivity (Wildman–Crippen MR) is 64.7 cm³/mol. The lowest BCUT2D eigenvalue weighted by atomic mass is 10.2. The zero-order valence-corrected chi connectivity index (χ0v) is 10.6. The summed E-state index contributed by atoms with van der Waals surface area (Å²) < 4.78 is 16.3. The van der Waals surface area contributed by atoms with Crippen molar-refractivity contribution in [2.75, 3.05) is 0 Å². The van der Waals surface area contributed by atoms with Gasteiger partial charge in [0.25, 0.3) is 0 Å². The van der Waals surface area contributed by atoms with Gasteiger partial charge in [0.1, 0.15) is 5.82 Å². The molecule has 0 fully saturated rings. The first-order valence-electron chi connectivity index (χ1n) is 4.98. The Hall–Kier alpha value is -0.830. The third kappa shape index (κ3) is 1.59. The number of fused-ring (bicyclic) bond motifs is 1. The summed E-state index contributed by atoms with van der Waals surface area (Å²) in [7, 11) is 0. The summed E-state index contributed by atoms with van der Waals surface area (Å²) >= 11 is 3.56. The second-order valence-electron chi connectivity index (χ2n) is 4.04. The van der Waals surface area contributed by atoms with Gasteiger partial charge >= 0.3 is 0 Å². The number of halogens is 2. The van der Waals surface area contributed by atoms with Gasteiger partial charge in [0.15, 0.2) is 0 Å². The molecule has 0 unspecified atom stereocenters. The van der Waals surface area contributed by atoms with Gasteiger partial charge in [0, 0.05) is 11.4 Å². The van der Waals surface area contributed by atoms with Crippen LogP contribution in [0.25, 0.3) is 10.9 Å². The molecule has 0 bridgehead atoms. The molecule has 0 N–H and O–H groups in total. The van der Waals surface area contributed by atoms with Crippen LogP contribution in [0.4, 0.5) is 4.39 Å². The molecular weight excluding hydrogens is 257 g/mol. The van der Waals surface area contributed by atoms with Crippen molar-refractivity contribution in [1.29, 1.82) is 0 Å². The molecule has 15 heavy (non-hydrogen) atoms. The Morgan fingerprint density at radius 3 is 2.60 bits per heavy atom. The second-order valence-corrected chi connectivity index (χ2v) is 4.79. The van der Waals surface area contributed by atoms with Crippen LogP contribution >= 0.6 is 15.9 Å². The van der Waals surface area contributed by atoms with Crippen LogP contribution in [0.15, 0.2) is 22.8 Å². The van der Waals surface area contributed by atoms with Gasteiger partial charge in [-0.15, -0.1) is 0 Å². The van der Waals surface area contributed by atoms with Crippen molar-refractivity contribution in [3.05, 3.63) is 34.2 Å². The largest absolute Gasteiger partial charge is 0.332 e. The van der Waals surface area contributed by atoms with Crippen molar-refractivity contribution in [2.45, 2.75) is 26.8 Å². The number of aromatic nitrogens is 1. The molecule has 0 amide bonds. The van der Waals surface area contributed by atoms with Gasteiger partial charge in [-0.05, 0) is 60.5 Å². The van der Waals surface area contributed by atoms with Crippen molar-refractivity contribution in [2.24, 2.45) is 0 Å². The van der Waals surface area contributed by atoms with E-state index in [9.17, 15) is 4.39 Å². The normalized spacial score (nSPS) is 11.6. The Bertz CT molecular complexity index is 514. The van der Waals surface area contributed by atoms with Gasteiger partial charge in [0.2, 0.25) is 0 Å². The molecule has 0 spiro atoms. The molecule has 3 heteroatoms. The summed E-state index contributed by atoms with van der Waals surface area (Å²) in [6.45, 7) is 6.23. The Morgan fingerprint density at radius 2 is 2.00 bits per heavy atom. The smallest absolute Gasteiger partial charge is 0.125 e. The average molecular weight is 270 g/mol. The Kier molecular flexibility index (Phi) is 2.59. The lowest BCUT2D eigenvalue weighted by Crippen LogP contribution is -2.00. The van der Waals surface area contributed by atoms with Crippen LogP contribution in [0, 0.1) is 12.7 Å². The van der Waals surface area contributed by atoms with E-state index < -0.39 is 0 Å². The summed E-state index contributed by atoms with van der Waals surface area (Å²) in [5.74, 6) is -0.186. The quantitative estimate of drug-likeness (QED) is 0.722.